The molecule has 176 valence electrons. The quantitative estimate of drug-likeness (QED) is 0.455. The van der Waals surface area contributed by atoms with Gasteiger partial charge in [-0.05, 0) is 25.5 Å². The lowest BCUT2D eigenvalue weighted by atomic mass is 9.95. The molecule has 1 atom stereocenters. The maximum absolute atomic E-state index is 9.99. The van der Waals surface area contributed by atoms with E-state index in [1.54, 1.807) is 6.07 Å². The average molecular weight is 451 g/mol. The molecule has 1 aliphatic rings. The molecule has 0 bridgehead atoms. The number of nitrogen functional groups attached to an aromatic ring is 1. The smallest absolute Gasteiger partial charge is 0.126 e. The predicted octanol–water partition coefficient (Wildman–Crippen LogP) is 3.46. The second-order valence-corrected chi connectivity index (χ2v) is 9.06. The lowest BCUT2D eigenvalue weighted by Crippen LogP contribution is -2.38. The molecule has 8 nitrogen and oxygen atoms in total. The second-order valence-electron chi connectivity index (χ2n) is 9.06. The highest BCUT2D eigenvalue weighted by atomic mass is 16.5. The Morgan fingerprint density at radius 1 is 1.15 bits per heavy atom. The van der Waals surface area contributed by atoms with Gasteiger partial charge in [-0.2, -0.15) is 0 Å². The molecule has 1 saturated heterocycles. The topological polar surface area (TPSA) is 109 Å². The van der Waals surface area contributed by atoms with Crippen molar-refractivity contribution in [1.82, 2.24) is 19.9 Å². The van der Waals surface area contributed by atoms with Crippen molar-refractivity contribution in [2.45, 2.75) is 45.2 Å². The van der Waals surface area contributed by atoms with Crippen molar-refractivity contribution < 1.29 is 9.84 Å². The highest BCUT2D eigenvalue weighted by Gasteiger charge is 2.24. The molecular weight excluding hydrogens is 416 g/mol. The summed E-state index contributed by atoms with van der Waals surface area (Å²) in [6.45, 7) is 8.46. The molecule has 0 amide bonds. The number of hydrogen-bond donors (Lipinski definition) is 3. The molecule has 0 aliphatic carbocycles. The summed E-state index contributed by atoms with van der Waals surface area (Å²) in [5, 5.41) is 13.5. The maximum Gasteiger partial charge on any atom is 0.126 e. The molecule has 4 N–H and O–H groups in total. The second kappa shape index (κ2) is 10.4. The number of aromatic nitrogens is 3. The Hall–Kier alpha value is -2.81. The number of ether oxygens (including phenoxy) is 1. The number of anilines is 2. The van der Waals surface area contributed by atoms with Crippen LogP contribution in [0.4, 0.5) is 11.5 Å². The molecule has 3 aromatic heterocycles. The first-order chi connectivity index (χ1) is 16.0. The summed E-state index contributed by atoms with van der Waals surface area (Å²) in [7, 11) is 0. The first-order valence-electron chi connectivity index (χ1n) is 11.7. The van der Waals surface area contributed by atoms with Gasteiger partial charge < -0.3 is 20.9 Å². The van der Waals surface area contributed by atoms with E-state index < -0.39 is 5.54 Å². The first-order valence-corrected chi connectivity index (χ1v) is 11.7. The standard InChI is InChI=1S/C25H34N6O2/c1-3-4-7-25(2,17-32)30-22-13-23(26)29-21-12-19(15-28-24(21)22)18-5-6-20(27-14-18)16-31-8-10-33-11-9-31/h5-6,12-15,32H,3-4,7-11,16-17H2,1-2H3,(H3,26,29,30). The number of nitrogens with two attached hydrogens (primary N) is 1. The van der Waals surface area contributed by atoms with Gasteiger partial charge in [0.2, 0.25) is 0 Å². The molecule has 1 fully saturated rings. The minimum Gasteiger partial charge on any atom is -0.394 e. The third-order valence-electron chi connectivity index (χ3n) is 6.18. The number of nitrogens with zero attached hydrogens (tertiary/aromatic N) is 4. The van der Waals surface area contributed by atoms with Gasteiger partial charge in [-0.1, -0.05) is 25.8 Å². The highest BCUT2D eigenvalue weighted by molar-refractivity contribution is 5.91. The minimum atomic E-state index is -0.447. The number of hydrogen-bond acceptors (Lipinski definition) is 8. The summed E-state index contributed by atoms with van der Waals surface area (Å²) in [5.41, 5.74) is 10.9. The molecule has 4 rings (SSSR count). The summed E-state index contributed by atoms with van der Waals surface area (Å²) < 4.78 is 5.42. The molecular formula is C25H34N6O2. The molecule has 4 heterocycles. The average Bonchev–Trinajstić information content (AvgIpc) is 2.83. The zero-order valence-electron chi connectivity index (χ0n) is 19.5. The van der Waals surface area contributed by atoms with Gasteiger partial charge in [0.05, 0.1) is 42.3 Å². The van der Waals surface area contributed by atoms with Gasteiger partial charge in [-0.25, -0.2) is 4.98 Å². The van der Waals surface area contributed by atoms with Crippen LogP contribution in [0.1, 0.15) is 38.8 Å². The number of pyridine rings is 3. The first kappa shape index (κ1) is 23.4. The number of morpholine rings is 1. The molecule has 1 aliphatic heterocycles. The van der Waals surface area contributed by atoms with Crippen molar-refractivity contribution in [2.75, 3.05) is 44.0 Å². The Kier molecular flexibility index (Phi) is 7.37. The molecule has 0 saturated carbocycles. The summed E-state index contributed by atoms with van der Waals surface area (Å²) in [4.78, 5) is 16.2. The van der Waals surface area contributed by atoms with Gasteiger partial charge in [0.15, 0.2) is 0 Å². The fourth-order valence-corrected chi connectivity index (χ4v) is 4.14. The number of nitrogens with one attached hydrogen (secondary N) is 1. The van der Waals surface area contributed by atoms with E-state index >= 15 is 0 Å². The van der Waals surface area contributed by atoms with Crippen LogP contribution in [-0.2, 0) is 11.3 Å². The molecule has 1 unspecified atom stereocenters. The van der Waals surface area contributed by atoms with Crippen LogP contribution < -0.4 is 11.1 Å². The highest BCUT2D eigenvalue weighted by Crippen LogP contribution is 2.30. The Morgan fingerprint density at radius 2 is 1.94 bits per heavy atom. The van der Waals surface area contributed by atoms with Crippen molar-refractivity contribution in [3.63, 3.8) is 0 Å². The van der Waals surface area contributed by atoms with E-state index in [1.807, 2.05) is 25.4 Å². The van der Waals surface area contributed by atoms with E-state index in [-0.39, 0.29) is 6.61 Å². The molecule has 33 heavy (non-hydrogen) atoms. The van der Waals surface area contributed by atoms with E-state index in [1.165, 1.54) is 0 Å². The summed E-state index contributed by atoms with van der Waals surface area (Å²) in [5.74, 6) is 0.415. The summed E-state index contributed by atoms with van der Waals surface area (Å²) in [6.07, 6.45) is 6.67. The largest absolute Gasteiger partial charge is 0.394 e. The third kappa shape index (κ3) is 5.76. The number of aliphatic hydroxyl groups is 1. The van der Waals surface area contributed by atoms with Crippen LogP contribution in [0.5, 0.6) is 0 Å². The molecule has 3 aromatic rings. The van der Waals surface area contributed by atoms with Crippen LogP contribution in [0, 0.1) is 0 Å². The minimum absolute atomic E-state index is 0.0251. The van der Waals surface area contributed by atoms with Crippen molar-refractivity contribution in [2.24, 2.45) is 0 Å². The Morgan fingerprint density at radius 3 is 2.64 bits per heavy atom. The van der Waals surface area contributed by atoms with Crippen molar-refractivity contribution in [3.05, 3.63) is 42.4 Å². The number of fused-ring (bicyclic) bond motifs is 1. The van der Waals surface area contributed by atoms with Crippen LogP contribution in [0.25, 0.3) is 22.2 Å². The number of unbranched alkanes of at least 4 members (excludes halogenated alkanes) is 1. The maximum atomic E-state index is 9.99. The van der Waals surface area contributed by atoms with Gasteiger partial charge in [0, 0.05) is 49.2 Å². The molecule has 0 aromatic carbocycles. The van der Waals surface area contributed by atoms with Crippen LogP contribution in [0.15, 0.2) is 36.7 Å². The summed E-state index contributed by atoms with van der Waals surface area (Å²) >= 11 is 0. The monoisotopic (exact) mass is 450 g/mol. The van der Waals surface area contributed by atoms with E-state index in [4.69, 9.17) is 15.5 Å². The van der Waals surface area contributed by atoms with Crippen molar-refractivity contribution >= 4 is 22.5 Å². The van der Waals surface area contributed by atoms with Crippen molar-refractivity contribution in [1.29, 1.82) is 0 Å². The predicted molar refractivity (Wildman–Crippen MR) is 132 cm³/mol. The van der Waals surface area contributed by atoms with E-state index in [0.717, 1.165) is 80.1 Å². The summed E-state index contributed by atoms with van der Waals surface area (Å²) in [6, 6.07) is 7.92. The molecule has 8 heteroatoms. The van der Waals surface area contributed by atoms with Crippen LogP contribution >= 0.6 is 0 Å². The van der Waals surface area contributed by atoms with Crippen molar-refractivity contribution in [3.8, 4) is 11.1 Å². The number of rotatable bonds is 9. The van der Waals surface area contributed by atoms with Gasteiger partial charge >= 0.3 is 0 Å². The van der Waals surface area contributed by atoms with Crippen LogP contribution in [-0.4, -0.2) is 63.4 Å². The third-order valence-corrected chi connectivity index (χ3v) is 6.18. The SMILES string of the molecule is CCCCC(C)(CO)Nc1cc(N)nc2cc(-c3ccc(CN4CCOCC4)nc3)cnc12. The zero-order chi connectivity index (χ0) is 23.3. The lowest BCUT2D eigenvalue weighted by molar-refractivity contribution is 0.0336. The van der Waals surface area contributed by atoms with Crippen LogP contribution in [0.3, 0.4) is 0 Å². The van der Waals surface area contributed by atoms with E-state index in [9.17, 15) is 5.11 Å². The Balaban J connectivity index is 1.56. The molecule has 0 radical (unpaired) electrons. The normalized spacial score (nSPS) is 16.6. The van der Waals surface area contributed by atoms with E-state index in [2.05, 4.69) is 39.2 Å². The van der Waals surface area contributed by atoms with Gasteiger partial charge in [0.25, 0.3) is 0 Å². The number of aliphatic hydroxyl groups excluding tert-OH is 1. The van der Waals surface area contributed by atoms with Gasteiger partial charge in [0.1, 0.15) is 11.3 Å². The lowest BCUT2D eigenvalue weighted by Gasteiger charge is -2.30. The molecule has 0 spiro atoms. The van der Waals surface area contributed by atoms with Gasteiger partial charge in [-0.15, -0.1) is 0 Å². The van der Waals surface area contributed by atoms with E-state index in [0.29, 0.717) is 11.3 Å². The Bertz CT molecular complexity index is 1070. The van der Waals surface area contributed by atoms with Crippen LogP contribution in [0.2, 0.25) is 0 Å². The van der Waals surface area contributed by atoms with Gasteiger partial charge in [-0.3, -0.25) is 14.9 Å². The Labute approximate surface area is 195 Å². The fraction of sp³-hybridized carbons (Fsp3) is 0.480. The fourth-order valence-electron chi connectivity index (χ4n) is 4.14. The zero-order valence-corrected chi connectivity index (χ0v) is 19.5.